The van der Waals surface area contributed by atoms with E-state index in [0.717, 1.165) is 0 Å². The molecule has 0 radical (unpaired) electrons. The summed E-state index contributed by atoms with van der Waals surface area (Å²) in [4.78, 5) is 0. The van der Waals surface area contributed by atoms with E-state index in [1.807, 2.05) is 0 Å². The molecule has 7 heteroatoms. The molecule has 0 aromatic rings. The summed E-state index contributed by atoms with van der Waals surface area (Å²) in [5.74, 6) is 0. The fourth-order valence-electron chi connectivity index (χ4n) is 0. The molecule has 0 bridgehead atoms. The molecule has 0 unspecified atom stereocenters. The summed E-state index contributed by atoms with van der Waals surface area (Å²) in [7, 11) is 0. The molecule has 0 aromatic heterocycles. The molecule has 0 atom stereocenters. The van der Waals surface area contributed by atoms with E-state index < -0.39 is 0 Å². The van der Waals surface area contributed by atoms with E-state index in [1.54, 1.807) is 0 Å². The molecule has 0 aliphatic carbocycles. The molecule has 7 heavy (non-hydrogen) atoms. The van der Waals surface area contributed by atoms with Crippen LogP contribution in [0.3, 0.4) is 0 Å². The fraction of sp³-hybridized carbons (Fsp3) is 0. The third-order valence-electron chi connectivity index (χ3n) is 0. The van der Waals surface area contributed by atoms with Crippen LogP contribution < -0.4 is 0 Å². The average molecular weight is 318 g/mol. The summed E-state index contributed by atoms with van der Waals surface area (Å²) >= 11 is 0. The zero-order valence-corrected chi connectivity index (χ0v) is 14.6. The van der Waals surface area contributed by atoms with Gasteiger partial charge in [0.1, 0.15) is 0 Å². The maximum atomic E-state index is 0. The van der Waals surface area contributed by atoms with Crippen molar-refractivity contribution in [3.63, 3.8) is 0 Å². The summed E-state index contributed by atoms with van der Waals surface area (Å²) in [5.41, 5.74) is 0. The second kappa shape index (κ2) is 79.9. The SMILES string of the molecule is [Ga+3].[Ga+3].[O-2].[O-2].[O-2].[Zn].[Zn]. The predicted octanol–water partition coefficient (Wildman–Crippen LogP) is -1.12. The van der Waals surface area contributed by atoms with Gasteiger partial charge >= 0.3 is 39.6 Å². The van der Waals surface area contributed by atoms with Crippen LogP contribution in [-0.2, 0) is 55.4 Å². The second-order valence-electron chi connectivity index (χ2n) is 0. The van der Waals surface area contributed by atoms with Crippen LogP contribution in [0, 0.1) is 0 Å². The molecule has 0 aliphatic rings. The maximum absolute atomic E-state index is 0. The van der Waals surface area contributed by atoms with Gasteiger partial charge in [-0.2, -0.15) is 0 Å². The van der Waals surface area contributed by atoms with Crippen LogP contribution in [0.5, 0.6) is 0 Å². The van der Waals surface area contributed by atoms with Crippen molar-refractivity contribution < 1.29 is 55.4 Å². The van der Waals surface area contributed by atoms with Crippen molar-refractivity contribution >= 4 is 39.6 Å². The Kier molecular flexibility index (Phi) is 1310. The quantitative estimate of drug-likeness (QED) is 0.507. The molecule has 0 saturated carbocycles. The van der Waals surface area contributed by atoms with E-state index >= 15 is 0 Å². The van der Waals surface area contributed by atoms with Crippen molar-refractivity contribution in [2.45, 2.75) is 0 Å². The Morgan fingerprint density at radius 1 is 0.429 bits per heavy atom. The third-order valence-corrected chi connectivity index (χ3v) is 0. The number of hydrogen-bond acceptors (Lipinski definition) is 0. The van der Waals surface area contributed by atoms with Crippen LogP contribution >= 0.6 is 0 Å². The van der Waals surface area contributed by atoms with Crippen LogP contribution in [0.15, 0.2) is 0 Å². The molecule has 3 nitrogen and oxygen atoms in total. The van der Waals surface area contributed by atoms with E-state index in [1.165, 1.54) is 0 Å². The molecule has 0 heterocycles. The molecule has 0 spiro atoms. The van der Waals surface area contributed by atoms with Crippen LogP contribution in [0.4, 0.5) is 0 Å². The first-order valence-corrected chi connectivity index (χ1v) is 0. The molecule has 28 valence electrons. The van der Waals surface area contributed by atoms with Gasteiger partial charge in [0.2, 0.25) is 0 Å². The Morgan fingerprint density at radius 3 is 0.429 bits per heavy atom. The minimum atomic E-state index is 0. The Bertz CT molecular complexity index is 10.9. The van der Waals surface area contributed by atoms with Crippen molar-refractivity contribution in [2.75, 3.05) is 0 Å². The van der Waals surface area contributed by atoms with E-state index in [2.05, 4.69) is 0 Å². The van der Waals surface area contributed by atoms with Crippen LogP contribution in [0.1, 0.15) is 0 Å². The summed E-state index contributed by atoms with van der Waals surface area (Å²) < 4.78 is 0. The average Bonchev–Trinajstić information content (AvgIpc) is 0. The molecule has 0 aliphatic heterocycles. The van der Waals surface area contributed by atoms with E-state index in [0.29, 0.717) is 0 Å². The summed E-state index contributed by atoms with van der Waals surface area (Å²) in [5, 5.41) is 0. The zero-order valence-electron chi connectivity index (χ0n) is 3.79. The Labute approximate surface area is 93.9 Å². The van der Waals surface area contributed by atoms with Gasteiger partial charge in [-0.3, -0.25) is 0 Å². The van der Waals surface area contributed by atoms with Crippen molar-refractivity contribution in [1.29, 1.82) is 0 Å². The van der Waals surface area contributed by atoms with Crippen LogP contribution in [0.2, 0.25) is 0 Å². The first-order chi connectivity index (χ1) is 0. The van der Waals surface area contributed by atoms with Crippen LogP contribution in [0.25, 0.3) is 0 Å². The Balaban J connectivity index is 0. The predicted molar refractivity (Wildman–Crippen MR) is 13.6 cm³/mol. The molecule has 0 fully saturated rings. The Morgan fingerprint density at radius 2 is 0.429 bits per heavy atom. The molecule has 0 N–H and O–H groups in total. The first-order valence-electron chi connectivity index (χ1n) is 0. The van der Waals surface area contributed by atoms with E-state index in [9.17, 15) is 0 Å². The molecular weight excluding hydrogens is 318 g/mol. The maximum Gasteiger partial charge on any atom is 3.00 e. The molecular formula is Ga2O3Zn2. The van der Waals surface area contributed by atoms with Crippen molar-refractivity contribution in [2.24, 2.45) is 0 Å². The minimum absolute atomic E-state index is 0. The van der Waals surface area contributed by atoms with Gasteiger partial charge in [0.05, 0.1) is 0 Å². The third kappa shape index (κ3) is 59.7. The molecule has 0 aromatic carbocycles. The van der Waals surface area contributed by atoms with Gasteiger partial charge in [0, 0.05) is 39.0 Å². The van der Waals surface area contributed by atoms with Gasteiger partial charge in [0.25, 0.3) is 0 Å². The normalized spacial score (nSPS) is 0. The van der Waals surface area contributed by atoms with E-state index in [-0.39, 0.29) is 95.0 Å². The zero-order chi connectivity index (χ0) is 0. The van der Waals surface area contributed by atoms with Gasteiger partial charge in [-0.1, -0.05) is 0 Å². The van der Waals surface area contributed by atoms with Crippen molar-refractivity contribution in [3.05, 3.63) is 0 Å². The fourth-order valence-corrected chi connectivity index (χ4v) is 0. The van der Waals surface area contributed by atoms with Gasteiger partial charge in [-0.15, -0.1) is 0 Å². The standard InChI is InChI=1S/2Ga.3O.2Zn/q2*+3;3*-2;;. The largest absolute Gasteiger partial charge is 3.00 e. The first kappa shape index (κ1) is 115. The van der Waals surface area contributed by atoms with Gasteiger partial charge in [0.15, 0.2) is 0 Å². The molecule has 0 rings (SSSR count). The van der Waals surface area contributed by atoms with Crippen LogP contribution in [-0.4, -0.2) is 39.6 Å². The Hall–Kier alpha value is 2.40. The number of rotatable bonds is 0. The van der Waals surface area contributed by atoms with Gasteiger partial charge < -0.3 is 16.4 Å². The summed E-state index contributed by atoms with van der Waals surface area (Å²) in [6.45, 7) is 0. The van der Waals surface area contributed by atoms with Gasteiger partial charge in [-0.05, 0) is 0 Å². The number of hydrogen-bond donors (Lipinski definition) is 0. The summed E-state index contributed by atoms with van der Waals surface area (Å²) in [6, 6.07) is 0. The molecule has 0 saturated heterocycles. The smallest absolute Gasteiger partial charge is 2.00 e. The van der Waals surface area contributed by atoms with Crippen molar-refractivity contribution in [1.82, 2.24) is 0 Å². The van der Waals surface area contributed by atoms with Crippen molar-refractivity contribution in [3.8, 4) is 0 Å². The minimum Gasteiger partial charge on any atom is -2.00 e. The molecule has 0 amide bonds. The second-order valence-corrected chi connectivity index (χ2v) is 0. The van der Waals surface area contributed by atoms with Gasteiger partial charge in [-0.25, -0.2) is 0 Å². The summed E-state index contributed by atoms with van der Waals surface area (Å²) in [6.07, 6.45) is 0. The topological polar surface area (TPSA) is 85.5 Å². The van der Waals surface area contributed by atoms with E-state index in [4.69, 9.17) is 0 Å². The monoisotopic (exact) mass is 314 g/mol.